The zero-order valence-corrected chi connectivity index (χ0v) is 17.6. The van der Waals surface area contributed by atoms with Crippen molar-refractivity contribution in [3.8, 4) is 11.8 Å². The maximum atomic E-state index is 15.1. The van der Waals surface area contributed by atoms with Gasteiger partial charge in [0.15, 0.2) is 0 Å². The molecule has 0 amide bonds. The zero-order chi connectivity index (χ0) is 21.2. The minimum atomic E-state index is -0.292. The van der Waals surface area contributed by atoms with Crippen LogP contribution in [0.2, 0.25) is 0 Å². The second kappa shape index (κ2) is 6.52. The Morgan fingerprint density at radius 2 is 1.94 bits per heavy atom. The molecule has 6 rings (SSSR count). The molecule has 5 nitrogen and oxygen atoms in total. The fraction of sp³-hybridized carbons (Fsp3) is 0.320. The van der Waals surface area contributed by atoms with E-state index in [1.807, 2.05) is 23.5 Å². The quantitative estimate of drug-likeness (QED) is 0.415. The van der Waals surface area contributed by atoms with Gasteiger partial charge in [-0.15, -0.1) is 10.2 Å². The van der Waals surface area contributed by atoms with Crippen LogP contribution in [0.15, 0.2) is 36.4 Å². The molecule has 0 atom stereocenters. The zero-order valence-electron chi connectivity index (χ0n) is 17.6. The van der Waals surface area contributed by atoms with Crippen molar-refractivity contribution in [3.63, 3.8) is 0 Å². The van der Waals surface area contributed by atoms with Crippen molar-refractivity contribution >= 4 is 28.2 Å². The van der Waals surface area contributed by atoms with Crippen molar-refractivity contribution in [2.75, 3.05) is 11.4 Å². The Labute approximate surface area is 179 Å². The molecule has 154 valence electrons. The molecule has 1 fully saturated rings. The number of aromatic nitrogens is 4. The minimum absolute atomic E-state index is 0.175. The lowest BCUT2D eigenvalue weighted by Gasteiger charge is -2.32. The van der Waals surface area contributed by atoms with Gasteiger partial charge >= 0.3 is 0 Å². The van der Waals surface area contributed by atoms with E-state index in [1.165, 1.54) is 24.5 Å². The Bertz CT molecular complexity index is 1420. The van der Waals surface area contributed by atoms with E-state index in [9.17, 15) is 0 Å². The molecule has 0 N–H and O–H groups in total. The number of halogens is 1. The van der Waals surface area contributed by atoms with E-state index in [-0.39, 0.29) is 11.2 Å². The minimum Gasteiger partial charge on any atom is -0.325 e. The summed E-state index contributed by atoms with van der Waals surface area (Å²) in [7, 11) is 0. The molecule has 4 aromatic rings. The van der Waals surface area contributed by atoms with Crippen LogP contribution in [0.25, 0.3) is 16.7 Å². The lowest BCUT2D eigenvalue weighted by molar-refractivity contribution is 0.638. The van der Waals surface area contributed by atoms with Gasteiger partial charge < -0.3 is 4.90 Å². The first-order valence-corrected chi connectivity index (χ1v) is 10.8. The van der Waals surface area contributed by atoms with Gasteiger partial charge in [0, 0.05) is 23.2 Å². The number of nitrogens with zero attached hydrogens (tertiary/aromatic N) is 5. The van der Waals surface area contributed by atoms with Gasteiger partial charge in [-0.25, -0.2) is 4.39 Å². The Balaban J connectivity index is 1.57. The van der Waals surface area contributed by atoms with E-state index in [1.54, 1.807) is 6.07 Å². The summed E-state index contributed by atoms with van der Waals surface area (Å²) in [5.74, 6) is 8.36. The standard InChI is InChI=1S/C25H22FN5/c1-16-28-29-24-27-23(22-19(26)8-4-10-21(22)31(16)24)30-15-5-7-18-17(6-3-9-20(18)30)11-12-25(2)13-14-25/h3-4,6,8-10H,5,7,13-15H2,1-2H3. The summed E-state index contributed by atoms with van der Waals surface area (Å²) in [5.41, 5.74) is 4.24. The lowest BCUT2D eigenvalue weighted by atomic mass is 9.95. The Kier molecular flexibility index (Phi) is 3.85. The second-order valence-electron chi connectivity index (χ2n) is 8.82. The van der Waals surface area contributed by atoms with Crippen molar-refractivity contribution in [2.45, 2.75) is 39.5 Å². The molecule has 1 aliphatic heterocycles. The van der Waals surface area contributed by atoms with Gasteiger partial charge in [0.2, 0.25) is 0 Å². The highest BCUT2D eigenvalue weighted by molar-refractivity contribution is 5.94. The van der Waals surface area contributed by atoms with Crippen LogP contribution < -0.4 is 4.90 Å². The third-order valence-electron chi connectivity index (χ3n) is 6.48. The van der Waals surface area contributed by atoms with Crippen LogP contribution in [0.5, 0.6) is 0 Å². The van der Waals surface area contributed by atoms with Crippen LogP contribution in [0, 0.1) is 30.0 Å². The number of hydrogen-bond donors (Lipinski definition) is 0. The topological polar surface area (TPSA) is 46.3 Å². The molecule has 2 aromatic carbocycles. The van der Waals surface area contributed by atoms with Crippen molar-refractivity contribution < 1.29 is 4.39 Å². The first-order valence-electron chi connectivity index (χ1n) is 10.8. The van der Waals surface area contributed by atoms with Crippen LogP contribution in [0.4, 0.5) is 15.9 Å². The number of rotatable bonds is 1. The Morgan fingerprint density at radius 1 is 1.10 bits per heavy atom. The second-order valence-corrected chi connectivity index (χ2v) is 8.82. The van der Waals surface area contributed by atoms with Crippen LogP contribution in [-0.4, -0.2) is 26.1 Å². The van der Waals surface area contributed by atoms with Crippen molar-refractivity contribution in [1.29, 1.82) is 0 Å². The van der Waals surface area contributed by atoms with E-state index < -0.39 is 0 Å². The molecule has 0 saturated heterocycles. The molecule has 6 heteroatoms. The first kappa shape index (κ1) is 18.3. The molecule has 2 aliphatic rings. The maximum absolute atomic E-state index is 15.1. The fourth-order valence-corrected chi connectivity index (χ4v) is 4.46. The van der Waals surface area contributed by atoms with Crippen LogP contribution in [-0.2, 0) is 6.42 Å². The van der Waals surface area contributed by atoms with Gasteiger partial charge in [-0.2, -0.15) is 4.98 Å². The molecule has 0 bridgehead atoms. The van der Waals surface area contributed by atoms with E-state index in [0.717, 1.165) is 36.2 Å². The Hall–Kier alpha value is -3.46. The smallest absolute Gasteiger partial charge is 0.257 e. The summed E-state index contributed by atoms with van der Waals surface area (Å²) in [5, 5.41) is 8.88. The number of aryl methyl sites for hydroxylation is 1. The molecular weight excluding hydrogens is 389 g/mol. The Morgan fingerprint density at radius 3 is 2.77 bits per heavy atom. The van der Waals surface area contributed by atoms with E-state index in [0.29, 0.717) is 22.8 Å². The van der Waals surface area contributed by atoms with Crippen molar-refractivity contribution in [1.82, 2.24) is 19.6 Å². The number of fused-ring (bicyclic) bond motifs is 4. The monoisotopic (exact) mass is 411 g/mol. The van der Waals surface area contributed by atoms with Gasteiger partial charge in [0.25, 0.3) is 5.78 Å². The third-order valence-corrected chi connectivity index (χ3v) is 6.48. The highest BCUT2D eigenvalue weighted by Crippen LogP contribution is 2.44. The van der Waals surface area contributed by atoms with Gasteiger partial charge in [0.1, 0.15) is 17.5 Å². The van der Waals surface area contributed by atoms with E-state index >= 15 is 4.39 Å². The number of anilines is 2. The molecule has 0 unspecified atom stereocenters. The summed E-state index contributed by atoms with van der Waals surface area (Å²) in [6.07, 6.45) is 4.26. The molecule has 2 aromatic heterocycles. The molecule has 3 heterocycles. The summed E-state index contributed by atoms with van der Waals surface area (Å²) >= 11 is 0. The average molecular weight is 411 g/mol. The third kappa shape index (κ3) is 2.88. The predicted molar refractivity (Wildman–Crippen MR) is 119 cm³/mol. The van der Waals surface area contributed by atoms with Crippen LogP contribution >= 0.6 is 0 Å². The molecule has 1 aliphatic carbocycles. The summed E-state index contributed by atoms with van der Waals surface area (Å²) < 4.78 is 16.9. The molecule has 31 heavy (non-hydrogen) atoms. The van der Waals surface area contributed by atoms with Crippen molar-refractivity contribution in [3.05, 3.63) is 59.2 Å². The first-order chi connectivity index (χ1) is 15.0. The summed E-state index contributed by atoms with van der Waals surface area (Å²) in [4.78, 5) is 6.90. The van der Waals surface area contributed by atoms with Gasteiger partial charge in [0.05, 0.1) is 10.9 Å². The highest BCUT2D eigenvalue weighted by Gasteiger charge is 2.35. The van der Waals surface area contributed by atoms with Crippen LogP contribution in [0.3, 0.4) is 0 Å². The van der Waals surface area contributed by atoms with Gasteiger partial charge in [-0.1, -0.05) is 24.0 Å². The van der Waals surface area contributed by atoms with Gasteiger partial charge in [-0.3, -0.25) is 4.40 Å². The fourth-order valence-electron chi connectivity index (χ4n) is 4.46. The largest absolute Gasteiger partial charge is 0.325 e. The lowest BCUT2D eigenvalue weighted by Crippen LogP contribution is -2.26. The normalized spacial score (nSPS) is 16.8. The number of hydrogen-bond acceptors (Lipinski definition) is 4. The predicted octanol–water partition coefficient (Wildman–Crippen LogP) is 4.96. The molecule has 1 saturated carbocycles. The summed E-state index contributed by atoms with van der Waals surface area (Å²) in [6.45, 7) is 4.84. The molecule has 0 spiro atoms. The van der Waals surface area contributed by atoms with Gasteiger partial charge in [-0.05, 0) is 69.4 Å². The van der Waals surface area contributed by atoms with Crippen LogP contribution in [0.1, 0.15) is 43.1 Å². The SMILES string of the molecule is Cc1nnc2nc(N3CCCc4c(C#CC5(C)CC5)cccc43)c3c(F)cccc3n12. The summed E-state index contributed by atoms with van der Waals surface area (Å²) in [6, 6.07) is 11.3. The maximum Gasteiger partial charge on any atom is 0.257 e. The number of benzene rings is 2. The van der Waals surface area contributed by atoms with E-state index in [4.69, 9.17) is 4.98 Å². The van der Waals surface area contributed by atoms with Crippen molar-refractivity contribution in [2.24, 2.45) is 5.41 Å². The molecular formula is C25H22FN5. The molecule has 0 radical (unpaired) electrons. The van der Waals surface area contributed by atoms with E-state index in [2.05, 4.69) is 46.0 Å². The highest BCUT2D eigenvalue weighted by atomic mass is 19.1. The average Bonchev–Trinajstić information content (AvgIpc) is 3.40.